The lowest BCUT2D eigenvalue weighted by atomic mass is 9.87. The molecular formula is C19H22BClN2O3. The summed E-state index contributed by atoms with van der Waals surface area (Å²) >= 11 is 6.22. The molecule has 3 rings (SSSR count). The van der Waals surface area contributed by atoms with E-state index in [0.29, 0.717) is 36.9 Å². The summed E-state index contributed by atoms with van der Waals surface area (Å²) in [6, 6.07) is 15.1. The van der Waals surface area contributed by atoms with Crippen molar-refractivity contribution >= 4 is 24.6 Å². The Bertz CT molecular complexity index is 758. The first-order chi connectivity index (χ1) is 12.5. The van der Waals surface area contributed by atoms with Gasteiger partial charge in [-0.25, -0.2) is 0 Å². The third kappa shape index (κ3) is 5.00. The van der Waals surface area contributed by atoms with Gasteiger partial charge in [0.05, 0.1) is 6.04 Å². The molecule has 1 aliphatic rings. The fraction of sp³-hybridized carbons (Fsp3) is 0.316. The van der Waals surface area contributed by atoms with Crippen LogP contribution in [0.4, 0.5) is 0 Å². The van der Waals surface area contributed by atoms with E-state index in [2.05, 4.69) is 5.23 Å². The molecular weight excluding hydrogens is 350 g/mol. The summed E-state index contributed by atoms with van der Waals surface area (Å²) in [4.78, 5) is 14.2. The molecule has 136 valence electrons. The Morgan fingerprint density at radius 3 is 2.77 bits per heavy atom. The lowest BCUT2D eigenvalue weighted by Gasteiger charge is -2.18. The molecule has 1 heterocycles. The lowest BCUT2D eigenvalue weighted by molar-refractivity contribution is -0.129. The molecule has 1 saturated heterocycles. The maximum absolute atomic E-state index is 12.4. The van der Waals surface area contributed by atoms with Crippen molar-refractivity contribution in [3.05, 3.63) is 64.7 Å². The van der Waals surface area contributed by atoms with Crippen LogP contribution in [0, 0.1) is 0 Å². The van der Waals surface area contributed by atoms with Crippen molar-refractivity contribution < 1.29 is 14.6 Å². The molecule has 1 amide bonds. The van der Waals surface area contributed by atoms with Crippen LogP contribution < -0.4 is 9.96 Å². The van der Waals surface area contributed by atoms with Gasteiger partial charge in [0.1, 0.15) is 12.4 Å². The average molecular weight is 373 g/mol. The van der Waals surface area contributed by atoms with E-state index in [-0.39, 0.29) is 11.9 Å². The van der Waals surface area contributed by atoms with E-state index in [1.807, 2.05) is 42.5 Å². The minimum atomic E-state index is -0.701. The van der Waals surface area contributed by atoms with Crippen molar-refractivity contribution in [2.24, 2.45) is 0 Å². The highest BCUT2D eigenvalue weighted by atomic mass is 35.5. The summed E-state index contributed by atoms with van der Waals surface area (Å²) in [6.45, 7) is 3.20. The van der Waals surface area contributed by atoms with E-state index in [1.54, 1.807) is 17.8 Å². The van der Waals surface area contributed by atoms with Gasteiger partial charge in [-0.3, -0.25) is 4.79 Å². The van der Waals surface area contributed by atoms with Crippen molar-refractivity contribution in [3.8, 4) is 5.75 Å². The number of amides is 1. The van der Waals surface area contributed by atoms with E-state index in [1.165, 1.54) is 0 Å². The third-order valence-corrected chi connectivity index (χ3v) is 4.51. The molecule has 1 atom stereocenters. The topological polar surface area (TPSA) is 61.8 Å². The first kappa shape index (κ1) is 18.8. The van der Waals surface area contributed by atoms with E-state index in [9.17, 15) is 9.82 Å². The van der Waals surface area contributed by atoms with Crippen molar-refractivity contribution in [2.45, 2.75) is 32.4 Å². The monoisotopic (exact) mass is 372 g/mol. The number of nitrogens with one attached hydrogen (secondary N) is 1. The largest absolute Gasteiger partial charge is 0.489 e. The first-order valence-corrected chi connectivity index (χ1v) is 9.08. The second-order valence-electron chi connectivity index (χ2n) is 6.51. The summed E-state index contributed by atoms with van der Waals surface area (Å²) in [5.74, 6) is 0.680. The highest BCUT2D eigenvalue weighted by Gasteiger charge is 2.32. The Morgan fingerprint density at radius 1 is 1.27 bits per heavy atom. The molecule has 2 aromatic carbocycles. The third-order valence-electron chi connectivity index (χ3n) is 4.29. The van der Waals surface area contributed by atoms with Crippen LogP contribution in [0.1, 0.15) is 17.5 Å². The van der Waals surface area contributed by atoms with Gasteiger partial charge >= 0.3 is 7.05 Å². The van der Waals surface area contributed by atoms with Crippen molar-refractivity contribution in [3.63, 3.8) is 0 Å². The zero-order valence-corrected chi connectivity index (χ0v) is 15.4. The summed E-state index contributed by atoms with van der Waals surface area (Å²) in [5, 5.41) is 12.9. The molecule has 0 aromatic heterocycles. The van der Waals surface area contributed by atoms with Crippen LogP contribution in [0.15, 0.2) is 48.5 Å². The fourth-order valence-corrected chi connectivity index (χ4v) is 3.35. The van der Waals surface area contributed by atoms with Crippen molar-refractivity contribution in [2.75, 3.05) is 6.54 Å². The summed E-state index contributed by atoms with van der Waals surface area (Å²) in [7, 11) is -0.701. The van der Waals surface area contributed by atoms with Gasteiger partial charge in [-0.2, -0.15) is 0 Å². The van der Waals surface area contributed by atoms with Crippen LogP contribution in [0.25, 0.3) is 0 Å². The molecule has 0 radical (unpaired) electrons. The number of hydrogen-bond donors (Lipinski definition) is 2. The molecule has 1 aliphatic heterocycles. The molecule has 2 N–H and O–H groups in total. The molecule has 26 heavy (non-hydrogen) atoms. The number of benzene rings is 2. The van der Waals surface area contributed by atoms with E-state index < -0.39 is 7.05 Å². The SMILES string of the molecule is CB(O)N[C@@H]1CCN(Cc2cc(Cl)cc(OCc3ccccc3)c2)C1=O. The molecule has 0 aliphatic carbocycles. The van der Waals surface area contributed by atoms with Crippen LogP contribution >= 0.6 is 11.6 Å². The van der Waals surface area contributed by atoms with Crippen LogP contribution in [-0.2, 0) is 17.9 Å². The van der Waals surface area contributed by atoms with E-state index in [4.69, 9.17) is 16.3 Å². The molecule has 0 unspecified atom stereocenters. The Balaban J connectivity index is 1.63. The smallest absolute Gasteiger partial charge is 0.374 e. The van der Waals surface area contributed by atoms with Crippen LogP contribution in [0.2, 0.25) is 11.8 Å². The molecule has 0 bridgehead atoms. The van der Waals surface area contributed by atoms with Gasteiger partial charge in [0.2, 0.25) is 5.91 Å². The van der Waals surface area contributed by atoms with Gasteiger partial charge in [0.15, 0.2) is 0 Å². The summed E-state index contributed by atoms with van der Waals surface area (Å²) in [6.07, 6.45) is 0.682. The van der Waals surface area contributed by atoms with Crippen molar-refractivity contribution in [1.82, 2.24) is 10.1 Å². The van der Waals surface area contributed by atoms with Gasteiger partial charge in [-0.05, 0) is 42.6 Å². The number of nitrogens with zero attached hydrogens (tertiary/aromatic N) is 1. The van der Waals surface area contributed by atoms with Gasteiger partial charge in [0, 0.05) is 18.1 Å². The Labute approximate surface area is 159 Å². The number of halogens is 1. The molecule has 0 spiro atoms. The standard InChI is InChI=1S/C19H22BClN2O3/c1-20(25)22-18-7-8-23(19(18)24)12-15-9-16(21)11-17(10-15)26-13-14-5-3-2-4-6-14/h2-6,9-11,18,22,25H,7-8,12-13H2,1H3/t18-/m1/s1. The quantitative estimate of drug-likeness (QED) is 0.734. The second-order valence-corrected chi connectivity index (χ2v) is 6.95. The maximum atomic E-state index is 12.4. The molecule has 7 heteroatoms. The first-order valence-electron chi connectivity index (χ1n) is 8.70. The van der Waals surface area contributed by atoms with Gasteiger partial charge in [-0.15, -0.1) is 0 Å². The zero-order chi connectivity index (χ0) is 18.5. The number of carbonyl (C=O) groups is 1. The molecule has 1 fully saturated rings. The van der Waals surface area contributed by atoms with Gasteiger partial charge in [-0.1, -0.05) is 41.9 Å². The van der Waals surface area contributed by atoms with E-state index >= 15 is 0 Å². The Morgan fingerprint density at radius 2 is 2.04 bits per heavy atom. The lowest BCUT2D eigenvalue weighted by Crippen LogP contribution is -2.44. The number of hydrogen-bond acceptors (Lipinski definition) is 4. The zero-order valence-electron chi connectivity index (χ0n) is 14.7. The highest BCUT2D eigenvalue weighted by molar-refractivity contribution is 6.46. The predicted octanol–water partition coefficient (Wildman–Crippen LogP) is 2.72. The normalized spacial score (nSPS) is 16.8. The van der Waals surface area contributed by atoms with E-state index in [0.717, 1.165) is 11.1 Å². The Kier molecular flexibility index (Phi) is 6.19. The molecule has 0 saturated carbocycles. The fourth-order valence-electron chi connectivity index (χ4n) is 3.10. The predicted molar refractivity (Wildman–Crippen MR) is 103 cm³/mol. The Hall–Kier alpha value is -2.02. The average Bonchev–Trinajstić information content (AvgIpc) is 2.93. The highest BCUT2D eigenvalue weighted by Crippen LogP contribution is 2.24. The van der Waals surface area contributed by atoms with Gasteiger partial charge in [0.25, 0.3) is 0 Å². The minimum Gasteiger partial charge on any atom is -0.489 e. The molecule has 5 nitrogen and oxygen atoms in total. The summed E-state index contributed by atoms with van der Waals surface area (Å²) in [5.41, 5.74) is 2.00. The number of rotatable bonds is 7. The number of ether oxygens (including phenoxy) is 1. The summed E-state index contributed by atoms with van der Waals surface area (Å²) < 4.78 is 5.85. The number of carbonyl (C=O) groups excluding carboxylic acids is 1. The minimum absolute atomic E-state index is 0.00219. The van der Waals surface area contributed by atoms with Crippen LogP contribution in [0.5, 0.6) is 5.75 Å². The second kappa shape index (κ2) is 8.58. The number of likely N-dealkylation sites (tertiary alicyclic amines) is 1. The van der Waals surface area contributed by atoms with Gasteiger partial charge < -0.3 is 19.9 Å². The molecule has 2 aromatic rings. The van der Waals surface area contributed by atoms with Crippen LogP contribution in [-0.4, -0.2) is 35.5 Å². The van der Waals surface area contributed by atoms with Crippen LogP contribution in [0.3, 0.4) is 0 Å². The van der Waals surface area contributed by atoms with Crippen molar-refractivity contribution in [1.29, 1.82) is 0 Å². The maximum Gasteiger partial charge on any atom is 0.374 e.